The minimum atomic E-state index is -0.892. The van der Waals surface area contributed by atoms with E-state index >= 15 is 0 Å². The highest BCUT2D eigenvalue weighted by Gasteiger charge is 2.39. The van der Waals surface area contributed by atoms with Crippen LogP contribution in [0.2, 0.25) is 0 Å². The molecule has 0 fully saturated rings. The molecular formula is C42H65N5O9S. The lowest BCUT2D eigenvalue weighted by atomic mass is 9.92. The molecule has 0 spiro atoms. The van der Waals surface area contributed by atoms with Gasteiger partial charge in [-0.05, 0) is 56.9 Å². The predicted molar refractivity (Wildman–Crippen MR) is 218 cm³/mol. The lowest BCUT2D eigenvalue weighted by Crippen LogP contribution is -2.59. The molecule has 1 aromatic heterocycles. The molecule has 0 aliphatic rings. The maximum atomic E-state index is 14.4. The standard InChI is InChI=1S/C41H65N5O7S.CO2/c1-14-19-30(22-29-20-17-16-18-21-29)42-36(48)31-24-54-38(43-31)33(52-28(8)47)23-32(25(3)4)45(12)39(50)34(27(7)15-2)44-37(49)35(26(5)6)46(13)40(51)53-41(9,10)11;2-1-3/h16-18,20-21,24-27,30,32-35H,14-15,19,22-23H2,1-13H3,(H,42,48)(H,44,49);/t27-,30+,32+,33+,34-,35-;/m0./s1. The van der Waals surface area contributed by atoms with Crippen molar-refractivity contribution >= 4 is 47.3 Å². The van der Waals surface area contributed by atoms with E-state index in [9.17, 15) is 24.0 Å². The van der Waals surface area contributed by atoms with E-state index in [1.54, 1.807) is 38.1 Å². The predicted octanol–water partition coefficient (Wildman–Crippen LogP) is 6.60. The molecule has 0 unspecified atom stereocenters. The van der Waals surface area contributed by atoms with Gasteiger partial charge in [-0.3, -0.25) is 24.1 Å². The Bertz CT molecular complexity index is 1620. The molecule has 2 rings (SSSR count). The molecular weight excluding hydrogens is 751 g/mol. The van der Waals surface area contributed by atoms with E-state index in [2.05, 4.69) is 22.5 Å². The highest BCUT2D eigenvalue weighted by Crippen LogP contribution is 2.31. The van der Waals surface area contributed by atoms with Crippen molar-refractivity contribution < 1.29 is 43.0 Å². The zero-order valence-corrected chi connectivity index (χ0v) is 36.9. The van der Waals surface area contributed by atoms with Crippen LogP contribution in [0.15, 0.2) is 35.7 Å². The molecule has 0 bridgehead atoms. The van der Waals surface area contributed by atoms with Crippen LogP contribution in [0, 0.1) is 17.8 Å². The molecule has 6 atom stereocenters. The van der Waals surface area contributed by atoms with Gasteiger partial charge in [0.2, 0.25) is 11.8 Å². The van der Waals surface area contributed by atoms with Crippen LogP contribution in [0.3, 0.4) is 0 Å². The van der Waals surface area contributed by atoms with E-state index in [1.807, 2.05) is 71.9 Å². The minimum Gasteiger partial charge on any atom is -0.455 e. The van der Waals surface area contributed by atoms with Gasteiger partial charge >= 0.3 is 18.2 Å². The Balaban J connectivity index is 0.00000524. The minimum absolute atomic E-state index is 0.0724. The molecule has 1 aromatic carbocycles. The van der Waals surface area contributed by atoms with Crippen molar-refractivity contribution in [1.29, 1.82) is 0 Å². The second kappa shape index (κ2) is 24.2. The number of nitrogens with zero attached hydrogens (tertiary/aromatic N) is 3. The number of carbonyl (C=O) groups excluding carboxylic acids is 7. The molecule has 2 N–H and O–H groups in total. The van der Waals surface area contributed by atoms with Crippen molar-refractivity contribution in [2.45, 2.75) is 144 Å². The van der Waals surface area contributed by atoms with Gasteiger partial charge in [-0.15, -0.1) is 11.3 Å². The van der Waals surface area contributed by atoms with E-state index in [4.69, 9.17) is 19.1 Å². The third kappa shape index (κ3) is 16.8. The number of hydrogen-bond donors (Lipinski definition) is 2. The molecule has 0 aliphatic heterocycles. The quantitative estimate of drug-likeness (QED) is 0.147. The van der Waals surface area contributed by atoms with Gasteiger partial charge in [-0.1, -0.05) is 91.6 Å². The number of hydrogen-bond acceptors (Lipinski definition) is 11. The first-order chi connectivity index (χ1) is 26.6. The average Bonchev–Trinajstić information content (AvgIpc) is 3.62. The van der Waals surface area contributed by atoms with Gasteiger partial charge in [0.15, 0.2) is 6.10 Å². The number of rotatable bonds is 19. The first-order valence-electron chi connectivity index (χ1n) is 19.6. The van der Waals surface area contributed by atoms with Crippen LogP contribution in [0.5, 0.6) is 0 Å². The Morgan fingerprint density at radius 2 is 1.51 bits per heavy atom. The molecule has 4 amide bonds. The van der Waals surface area contributed by atoms with E-state index in [-0.39, 0.29) is 53.9 Å². The summed E-state index contributed by atoms with van der Waals surface area (Å²) >= 11 is 1.23. The second-order valence-corrected chi connectivity index (χ2v) is 16.9. The number of thiazole rings is 1. The summed E-state index contributed by atoms with van der Waals surface area (Å²) in [5.74, 6) is -2.16. The smallest absolute Gasteiger partial charge is 0.410 e. The number of benzene rings is 1. The Labute approximate surface area is 342 Å². The molecule has 14 nitrogen and oxygen atoms in total. The zero-order chi connectivity index (χ0) is 43.6. The monoisotopic (exact) mass is 815 g/mol. The van der Waals surface area contributed by atoms with Crippen LogP contribution in [-0.2, 0) is 39.9 Å². The van der Waals surface area contributed by atoms with E-state index in [1.165, 1.54) is 30.2 Å². The van der Waals surface area contributed by atoms with Gasteiger partial charge in [0.1, 0.15) is 28.4 Å². The number of esters is 1. The molecule has 0 aliphatic carbocycles. The molecule has 57 heavy (non-hydrogen) atoms. The van der Waals surface area contributed by atoms with Crippen LogP contribution in [-0.4, -0.2) is 94.6 Å². The van der Waals surface area contributed by atoms with Gasteiger partial charge in [0, 0.05) is 44.9 Å². The van der Waals surface area contributed by atoms with Crippen LogP contribution in [0.25, 0.3) is 0 Å². The number of amides is 4. The number of ether oxygens (including phenoxy) is 2. The molecule has 2 aromatic rings. The fourth-order valence-corrected chi connectivity index (χ4v) is 7.29. The Morgan fingerprint density at radius 3 is 2.00 bits per heavy atom. The average molecular weight is 816 g/mol. The lowest BCUT2D eigenvalue weighted by molar-refractivity contribution is -0.191. The van der Waals surface area contributed by atoms with E-state index < -0.39 is 47.8 Å². The first kappa shape index (κ1) is 50.4. The maximum Gasteiger partial charge on any atom is 0.410 e. The van der Waals surface area contributed by atoms with Crippen LogP contribution in [0.1, 0.15) is 129 Å². The highest BCUT2D eigenvalue weighted by molar-refractivity contribution is 7.09. The van der Waals surface area contributed by atoms with E-state index in [0.717, 1.165) is 18.4 Å². The van der Waals surface area contributed by atoms with Gasteiger partial charge < -0.3 is 25.0 Å². The van der Waals surface area contributed by atoms with Crippen LogP contribution < -0.4 is 10.6 Å². The molecule has 318 valence electrons. The summed E-state index contributed by atoms with van der Waals surface area (Å²) in [7, 11) is 3.21. The van der Waals surface area contributed by atoms with Gasteiger partial charge in [0.25, 0.3) is 5.91 Å². The topological polar surface area (TPSA) is 181 Å². The van der Waals surface area contributed by atoms with Crippen molar-refractivity contribution in [3.63, 3.8) is 0 Å². The Hall–Kier alpha value is -4.62. The number of likely N-dealkylation sites (N-methyl/N-ethyl adjacent to an activating group) is 2. The molecule has 15 heteroatoms. The van der Waals surface area contributed by atoms with Crippen molar-refractivity contribution in [3.8, 4) is 0 Å². The molecule has 0 saturated carbocycles. The third-order valence-electron chi connectivity index (χ3n) is 9.48. The second-order valence-electron chi connectivity index (χ2n) is 16.0. The molecule has 0 radical (unpaired) electrons. The summed E-state index contributed by atoms with van der Waals surface area (Å²) in [6.45, 7) is 20.1. The summed E-state index contributed by atoms with van der Waals surface area (Å²) in [4.78, 5) is 90.7. The fourth-order valence-electron chi connectivity index (χ4n) is 6.45. The summed E-state index contributed by atoms with van der Waals surface area (Å²) < 4.78 is 11.3. The fraction of sp³-hybridized carbons (Fsp3) is 0.643. The van der Waals surface area contributed by atoms with Gasteiger partial charge in [-0.25, -0.2) is 9.78 Å². The third-order valence-corrected chi connectivity index (χ3v) is 10.4. The first-order valence-corrected chi connectivity index (χ1v) is 20.5. The van der Waals surface area contributed by atoms with Crippen molar-refractivity contribution in [2.24, 2.45) is 17.8 Å². The van der Waals surface area contributed by atoms with Crippen molar-refractivity contribution in [1.82, 2.24) is 25.4 Å². The number of aromatic nitrogens is 1. The van der Waals surface area contributed by atoms with E-state index in [0.29, 0.717) is 17.8 Å². The van der Waals surface area contributed by atoms with Gasteiger partial charge in [-0.2, -0.15) is 9.59 Å². The summed E-state index contributed by atoms with van der Waals surface area (Å²) in [6, 6.07) is 7.72. The molecule has 0 saturated heterocycles. The number of nitrogens with one attached hydrogen (secondary N) is 2. The SMILES string of the molecule is CCC[C@H](Cc1ccccc1)NC(=O)c1csc([C@@H](C[C@H](C(C)C)N(C)C(=O)[C@@H](NC(=O)[C@H](C(C)C)N(C)C(=O)OC(C)(C)C)[C@@H](C)CC)OC(C)=O)n1.O=C=O. The summed E-state index contributed by atoms with van der Waals surface area (Å²) in [5.41, 5.74) is 0.623. The van der Waals surface area contributed by atoms with Crippen LogP contribution in [0.4, 0.5) is 4.79 Å². The number of carbonyl (C=O) groups is 5. The summed E-state index contributed by atoms with van der Waals surface area (Å²) in [5, 5.41) is 8.23. The lowest BCUT2D eigenvalue weighted by Gasteiger charge is -2.38. The van der Waals surface area contributed by atoms with Crippen LogP contribution >= 0.6 is 11.3 Å². The maximum absolute atomic E-state index is 14.4. The largest absolute Gasteiger partial charge is 0.455 e. The van der Waals surface area contributed by atoms with Crippen molar-refractivity contribution in [3.05, 3.63) is 52.0 Å². The Morgan fingerprint density at radius 1 is 0.912 bits per heavy atom. The summed E-state index contributed by atoms with van der Waals surface area (Å²) in [6.07, 6.45) is 2.03. The highest BCUT2D eigenvalue weighted by atomic mass is 32.1. The zero-order valence-electron chi connectivity index (χ0n) is 36.0. The normalized spacial score (nSPS) is 14.4. The van der Waals surface area contributed by atoms with Crippen molar-refractivity contribution in [2.75, 3.05) is 14.1 Å². The van der Waals surface area contributed by atoms with Gasteiger partial charge in [0.05, 0.1) is 0 Å². The molecule has 1 heterocycles. The Kier molecular flexibility index (Phi) is 21.4.